The molecule has 0 saturated carbocycles. The number of thiophene rings is 1. The van der Waals surface area contributed by atoms with Crippen molar-refractivity contribution in [1.29, 1.82) is 0 Å². The van der Waals surface area contributed by atoms with E-state index in [0.29, 0.717) is 0 Å². The van der Waals surface area contributed by atoms with Gasteiger partial charge in [0.2, 0.25) is 0 Å². The molecule has 0 bridgehead atoms. The second-order valence-corrected chi connectivity index (χ2v) is 6.52. The lowest BCUT2D eigenvalue weighted by atomic mass is 10.1. The van der Waals surface area contributed by atoms with Crippen molar-refractivity contribution in [2.24, 2.45) is 5.73 Å². The highest BCUT2D eigenvalue weighted by Crippen LogP contribution is 2.33. The summed E-state index contributed by atoms with van der Waals surface area (Å²) < 4.78 is 37.6. The zero-order valence-electron chi connectivity index (χ0n) is 12.9. The average molecular weight is 356 g/mol. The summed E-state index contributed by atoms with van der Waals surface area (Å²) in [4.78, 5) is 24.5. The first-order chi connectivity index (χ1) is 11.1. The lowest BCUT2D eigenvalue weighted by Gasteiger charge is -2.08. The van der Waals surface area contributed by atoms with Crippen molar-refractivity contribution in [3.63, 3.8) is 0 Å². The second kappa shape index (κ2) is 6.64. The van der Waals surface area contributed by atoms with Crippen molar-refractivity contribution < 1.29 is 22.8 Å². The van der Waals surface area contributed by atoms with E-state index in [2.05, 4.69) is 5.32 Å². The molecule has 0 aliphatic carbocycles. The largest absolute Gasteiger partial charge is 0.416 e. The fraction of sp³-hybridized carbons (Fsp3) is 0.250. The lowest BCUT2D eigenvalue weighted by Crippen LogP contribution is -2.16. The maximum absolute atomic E-state index is 12.5. The number of primary amides is 1. The van der Waals surface area contributed by atoms with Crippen LogP contribution in [-0.4, -0.2) is 11.8 Å². The van der Waals surface area contributed by atoms with Crippen LogP contribution in [0.4, 0.5) is 18.2 Å². The summed E-state index contributed by atoms with van der Waals surface area (Å²) in [6.07, 6.45) is -4.46. The van der Waals surface area contributed by atoms with Gasteiger partial charge in [-0.15, -0.1) is 11.3 Å². The number of hydrogen-bond donors (Lipinski definition) is 2. The van der Waals surface area contributed by atoms with Gasteiger partial charge in [0.05, 0.1) is 11.1 Å². The highest BCUT2D eigenvalue weighted by atomic mass is 32.1. The Morgan fingerprint density at radius 3 is 2.21 bits per heavy atom. The molecule has 128 valence electrons. The summed E-state index contributed by atoms with van der Waals surface area (Å²) in [7, 11) is 0. The molecule has 1 heterocycles. The Labute approximate surface area is 140 Å². The summed E-state index contributed by atoms with van der Waals surface area (Å²) in [5.74, 6) is -1.14. The summed E-state index contributed by atoms with van der Waals surface area (Å²) in [6.45, 7) is 3.86. The van der Waals surface area contributed by atoms with Crippen LogP contribution in [0.5, 0.6) is 0 Å². The van der Waals surface area contributed by atoms with Crippen LogP contribution in [0.1, 0.15) is 50.9 Å². The number of nitrogens with one attached hydrogen (secondary N) is 1. The van der Waals surface area contributed by atoms with Crippen molar-refractivity contribution in [2.75, 3.05) is 5.32 Å². The van der Waals surface area contributed by atoms with Crippen LogP contribution < -0.4 is 11.1 Å². The lowest BCUT2D eigenvalue weighted by molar-refractivity contribution is -0.137. The number of rotatable bonds is 4. The first kappa shape index (κ1) is 18.0. The predicted molar refractivity (Wildman–Crippen MR) is 86.3 cm³/mol. The van der Waals surface area contributed by atoms with E-state index < -0.39 is 23.6 Å². The molecule has 0 aliphatic heterocycles. The minimum atomic E-state index is -4.46. The third kappa shape index (κ3) is 3.94. The van der Waals surface area contributed by atoms with Crippen LogP contribution in [0.15, 0.2) is 30.3 Å². The second-order valence-electron chi connectivity index (χ2n) is 5.44. The number of carbonyl (C=O) groups excluding carboxylic acids is 2. The van der Waals surface area contributed by atoms with E-state index in [1.807, 2.05) is 13.8 Å². The topological polar surface area (TPSA) is 72.2 Å². The molecule has 8 heteroatoms. The number of nitrogens with two attached hydrogens (primary N) is 1. The van der Waals surface area contributed by atoms with Crippen LogP contribution in [0.25, 0.3) is 0 Å². The molecule has 1 aromatic heterocycles. The van der Waals surface area contributed by atoms with Crippen molar-refractivity contribution in [2.45, 2.75) is 25.9 Å². The van der Waals surface area contributed by atoms with E-state index in [9.17, 15) is 22.8 Å². The molecule has 0 aliphatic rings. The predicted octanol–water partition coefficient (Wildman–Crippen LogP) is 4.24. The molecule has 0 saturated heterocycles. The molecule has 2 amide bonds. The number of carbonyl (C=O) groups is 2. The number of anilines is 1. The van der Waals surface area contributed by atoms with Crippen molar-refractivity contribution in [3.8, 4) is 0 Å². The van der Waals surface area contributed by atoms with Gasteiger partial charge in [0.15, 0.2) is 0 Å². The smallest absolute Gasteiger partial charge is 0.366 e. The molecule has 1 aromatic carbocycles. The first-order valence-electron chi connectivity index (χ1n) is 7.01. The Balaban J connectivity index is 2.25. The van der Waals surface area contributed by atoms with Gasteiger partial charge in [-0.25, -0.2) is 0 Å². The van der Waals surface area contributed by atoms with Gasteiger partial charge >= 0.3 is 6.18 Å². The monoisotopic (exact) mass is 356 g/mol. The van der Waals surface area contributed by atoms with Gasteiger partial charge in [-0.05, 0) is 36.2 Å². The van der Waals surface area contributed by atoms with Gasteiger partial charge in [-0.2, -0.15) is 13.2 Å². The quantitative estimate of drug-likeness (QED) is 0.860. The number of benzene rings is 1. The minimum absolute atomic E-state index is 0.0536. The first-order valence-corrected chi connectivity index (χ1v) is 7.83. The molecule has 0 unspecified atom stereocenters. The molecule has 0 spiro atoms. The van der Waals surface area contributed by atoms with E-state index in [1.54, 1.807) is 6.07 Å². The summed E-state index contributed by atoms with van der Waals surface area (Å²) in [6, 6.07) is 5.44. The Bertz CT molecular complexity index is 765. The van der Waals surface area contributed by atoms with Crippen LogP contribution >= 0.6 is 11.3 Å². The van der Waals surface area contributed by atoms with Gasteiger partial charge in [-0.1, -0.05) is 13.8 Å². The Morgan fingerprint density at radius 1 is 1.17 bits per heavy atom. The van der Waals surface area contributed by atoms with Gasteiger partial charge in [0.25, 0.3) is 11.8 Å². The fourth-order valence-corrected chi connectivity index (χ4v) is 3.02. The molecule has 2 rings (SSSR count). The molecular weight excluding hydrogens is 341 g/mol. The number of hydrogen-bond acceptors (Lipinski definition) is 3. The molecule has 0 fully saturated rings. The zero-order chi connectivity index (χ0) is 18.1. The van der Waals surface area contributed by atoms with Crippen LogP contribution in [0.2, 0.25) is 0 Å². The minimum Gasteiger partial charge on any atom is -0.366 e. The normalized spacial score (nSPS) is 11.6. The van der Waals surface area contributed by atoms with Crippen LogP contribution in [0, 0.1) is 0 Å². The van der Waals surface area contributed by atoms with E-state index in [4.69, 9.17) is 5.73 Å². The number of amides is 2. The Kier molecular flexibility index (Phi) is 4.98. The molecule has 4 nitrogen and oxygen atoms in total. The molecule has 0 atom stereocenters. The van der Waals surface area contributed by atoms with Gasteiger partial charge in [-0.3, -0.25) is 9.59 Å². The van der Waals surface area contributed by atoms with E-state index in [1.165, 1.54) is 11.3 Å². The van der Waals surface area contributed by atoms with Crippen molar-refractivity contribution in [1.82, 2.24) is 0 Å². The number of halogens is 3. The SMILES string of the molecule is CC(C)c1cc(C(N)=O)c(NC(=O)c2ccc(C(F)(F)F)cc2)s1. The number of alkyl halides is 3. The van der Waals surface area contributed by atoms with Crippen molar-refractivity contribution in [3.05, 3.63) is 51.9 Å². The third-order valence-corrected chi connectivity index (χ3v) is 4.64. The molecule has 24 heavy (non-hydrogen) atoms. The molecular formula is C16H15F3N2O2S. The van der Waals surface area contributed by atoms with Gasteiger partial charge < -0.3 is 11.1 Å². The summed E-state index contributed by atoms with van der Waals surface area (Å²) in [5, 5.41) is 2.83. The highest BCUT2D eigenvalue weighted by Gasteiger charge is 2.30. The van der Waals surface area contributed by atoms with Crippen molar-refractivity contribution >= 4 is 28.2 Å². The Morgan fingerprint density at radius 2 is 1.75 bits per heavy atom. The Hall–Kier alpha value is -2.35. The molecule has 3 N–H and O–H groups in total. The standard InChI is InChI=1S/C16H15F3N2O2S/c1-8(2)12-7-11(13(20)22)15(24-12)21-14(23)9-3-5-10(6-4-9)16(17,18)19/h3-8H,1-2H3,(H2,20,22)(H,21,23). The van der Waals surface area contributed by atoms with Gasteiger partial charge in [0.1, 0.15) is 5.00 Å². The summed E-state index contributed by atoms with van der Waals surface area (Å²) in [5.41, 5.74) is 4.70. The van der Waals surface area contributed by atoms with Gasteiger partial charge in [0, 0.05) is 10.4 Å². The summed E-state index contributed by atoms with van der Waals surface area (Å²) >= 11 is 1.21. The highest BCUT2D eigenvalue weighted by molar-refractivity contribution is 7.16. The third-order valence-electron chi connectivity index (χ3n) is 3.29. The molecule has 2 aromatic rings. The van der Waals surface area contributed by atoms with E-state index in [-0.39, 0.29) is 22.0 Å². The maximum atomic E-state index is 12.5. The average Bonchev–Trinajstić information content (AvgIpc) is 2.91. The maximum Gasteiger partial charge on any atom is 0.416 e. The van der Waals surface area contributed by atoms with Crippen LogP contribution in [-0.2, 0) is 6.18 Å². The van der Waals surface area contributed by atoms with E-state index in [0.717, 1.165) is 29.1 Å². The fourth-order valence-electron chi connectivity index (χ4n) is 1.96. The van der Waals surface area contributed by atoms with E-state index >= 15 is 0 Å². The van der Waals surface area contributed by atoms with Crippen LogP contribution in [0.3, 0.4) is 0 Å². The zero-order valence-corrected chi connectivity index (χ0v) is 13.7. The molecule has 0 radical (unpaired) electrons.